The first-order valence-electron chi connectivity index (χ1n) is 6.13. The van der Waals surface area contributed by atoms with E-state index in [0.717, 1.165) is 13.1 Å². The smallest absolute Gasteiger partial charge is 0.469 e. The molecule has 1 aliphatic rings. The number of halogens is 3. The van der Waals surface area contributed by atoms with Crippen molar-refractivity contribution in [1.82, 2.24) is 9.80 Å². The number of nitrogens with zero attached hydrogens (tertiary/aromatic N) is 2. The van der Waals surface area contributed by atoms with E-state index in [1.54, 1.807) is 0 Å². The van der Waals surface area contributed by atoms with Gasteiger partial charge in [0.15, 0.2) is 0 Å². The van der Waals surface area contributed by atoms with Gasteiger partial charge in [-0.15, -0.1) is 13.2 Å². The van der Waals surface area contributed by atoms with E-state index in [1.165, 1.54) is 7.11 Å². The first kappa shape index (κ1) is 16.2. The number of carbonyl (C=O) groups is 1. The molecular formula is C11H19F3N2O3. The molecule has 0 N–H and O–H groups in total. The van der Waals surface area contributed by atoms with Crippen LogP contribution in [0.2, 0.25) is 0 Å². The van der Waals surface area contributed by atoms with Crippen molar-refractivity contribution in [2.24, 2.45) is 0 Å². The maximum absolute atomic E-state index is 11.8. The molecule has 1 fully saturated rings. The van der Waals surface area contributed by atoms with Crippen LogP contribution in [-0.4, -0.2) is 75.1 Å². The number of hydrogen-bond acceptors (Lipinski definition) is 5. The maximum Gasteiger partial charge on any atom is 0.522 e. The Morgan fingerprint density at radius 1 is 1.11 bits per heavy atom. The third-order valence-electron chi connectivity index (χ3n) is 3.00. The van der Waals surface area contributed by atoms with Gasteiger partial charge in [-0.25, -0.2) is 0 Å². The minimum Gasteiger partial charge on any atom is -0.469 e. The molecule has 1 saturated heterocycles. The minimum absolute atomic E-state index is 0.249. The molecule has 0 unspecified atom stereocenters. The van der Waals surface area contributed by atoms with Gasteiger partial charge in [0, 0.05) is 39.3 Å². The van der Waals surface area contributed by atoms with Crippen molar-refractivity contribution in [2.75, 3.05) is 53.0 Å². The average Bonchev–Trinajstić information content (AvgIpc) is 2.36. The van der Waals surface area contributed by atoms with Crippen LogP contribution in [0.25, 0.3) is 0 Å². The Balaban J connectivity index is 2.10. The van der Waals surface area contributed by atoms with Gasteiger partial charge in [0.05, 0.1) is 20.1 Å². The van der Waals surface area contributed by atoms with Crippen molar-refractivity contribution in [3.05, 3.63) is 0 Å². The SMILES string of the molecule is COC(=O)CCN1CCN(CCOC(F)(F)F)CC1. The molecule has 112 valence electrons. The topological polar surface area (TPSA) is 42.0 Å². The lowest BCUT2D eigenvalue weighted by Crippen LogP contribution is -2.47. The van der Waals surface area contributed by atoms with Gasteiger partial charge < -0.3 is 9.64 Å². The van der Waals surface area contributed by atoms with Gasteiger partial charge in [0.25, 0.3) is 0 Å². The fourth-order valence-electron chi connectivity index (χ4n) is 1.88. The molecule has 0 atom stereocenters. The first-order valence-corrected chi connectivity index (χ1v) is 6.13. The van der Waals surface area contributed by atoms with E-state index >= 15 is 0 Å². The van der Waals surface area contributed by atoms with Crippen LogP contribution < -0.4 is 0 Å². The molecule has 0 radical (unpaired) electrons. The Hall–Kier alpha value is -0.860. The van der Waals surface area contributed by atoms with Crippen LogP contribution in [0, 0.1) is 0 Å². The van der Waals surface area contributed by atoms with Gasteiger partial charge in [0.2, 0.25) is 0 Å². The van der Waals surface area contributed by atoms with Crippen molar-refractivity contribution >= 4 is 5.97 Å². The summed E-state index contributed by atoms with van der Waals surface area (Å²) in [5.74, 6) is -0.249. The monoisotopic (exact) mass is 284 g/mol. The molecule has 0 bridgehead atoms. The van der Waals surface area contributed by atoms with Crippen LogP contribution in [0.4, 0.5) is 13.2 Å². The van der Waals surface area contributed by atoms with E-state index in [1.807, 2.05) is 4.90 Å². The summed E-state index contributed by atoms with van der Waals surface area (Å²) in [6, 6.07) is 0. The zero-order valence-electron chi connectivity index (χ0n) is 10.9. The standard InChI is InChI=1S/C11H19F3N2O3/c1-18-10(17)2-3-15-4-6-16(7-5-15)8-9-19-11(12,13)14/h2-9H2,1H3. The van der Waals surface area contributed by atoms with Gasteiger partial charge in [-0.05, 0) is 0 Å². The van der Waals surface area contributed by atoms with Crippen LogP contribution in [0.1, 0.15) is 6.42 Å². The predicted octanol–water partition coefficient (Wildman–Crippen LogP) is 0.703. The predicted molar refractivity (Wildman–Crippen MR) is 61.5 cm³/mol. The van der Waals surface area contributed by atoms with Gasteiger partial charge in [-0.2, -0.15) is 0 Å². The summed E-state index contributed by atoms with van der Waals surface area (Å²) in [4.78, 5) is 15.0. The fraction of sp³-hybridized carbons (Fsp3) is 0.909. The minimum atomic E-state index is -4.55. The van der Waals surface area contributed by atoms with Crippen LogP contribution in [0.15, 0.2) is 0 Å². The molecule has 0 aromatic heterocycles. The molecule has 8 heteroatoms. The van der Waals surface area contributed by atoms with Crippen molar-refractivity contribution in [3.63, 3.8) is 0 Å². The van der Waals surface area contributed by atoms with E-state index in [0.29, 0.717) is 26.1 Å². The lowest BCUT2D eigenvalue weighted by Gasteiger charge is -2.34. The molecule has 19 heavy (non-hydrogen) atoms. The number of ether oxygens (including phenoxy) is 2. The van der Waals surface area contributed by atoms with E-state index in [2.05, 4.69) is 14.4 Å². The molecule has 0 aromatic rings. The molecule has 1 aliphatic heterocycles. The van der Waals surface area contributed by atoms with Crippen molar-refractivity contribution in [1.29, 1.82) is 0 Å². The lowest BCUT2D eigenvalue weighted by atomic mass is 10.3. The third kappa shape index (κ3) is 7.34. The van der Waals surface area contributed by atoms with Crippen molar-refractivity contribution < 1.29 is 27.4 Å². The summed E-state index contributed by atoms with van der Waals surface area (Å²) >= 11 is 0. The molecule has 0 spiro atoms. The highest BCUT2D eigenvalue weighted by Gasteiger charge is 2.29. The van der Waals surface area contributed by atoms with E-state index in [9.17, 15) is 18.0 Å². The largest absolute Gasteiger partial charge is 0.522 e. The molecule has 0 aliphatic carbocycles. The second kappa shape index (κ2) is 7.66. The van der Waals surface area contributed by atoms with Gasteiger partial charge in [0.1, 0.15) is 0 Å². The summed E-state index contributed by atoms with van der Waals surface area (Å²) < 4.78 is 43.7. The number of esters is 1. The van der Waals surface area contributed by atoms with Crippen LogP contribution in [0.5, 0.6) is 0 Å². The summed E-state index contributed by atoms with van der Waals surface area (Å²) in [6.07, 6.45) is -4.21. The highest BCUT2D eigenvalue weighted by atomic mass is 19.4. The summed E-state index contributed by atoms with van der Waals surface area (Å²) in [6.45, 7) is 3.40. The second-order valence-corrected chi connectivity index (χ2v) is 4.30. The van der Waals surface area contributed by atoms with Crippen molar-refractivity contribution in [2.45, 2.75) is 12.8 Å². The van der Waals surface area contributed by atoms with Crippen LogP contribution in [0.3, 0.4) is 0 Å². The first-order chi connectivity index (χ1) is 8.90. The molecule has 1 rings (SSSR count). The highest BCUT2D eigenvalue weighted by Crippen LogP contribution is 2.15. The lowest BCUT2D eigenvalue weighted by molar-refractivity contribution is -0.325. The molecule has 1 heterocycles. The van der Waals surface area contributed by atoms with Crippen LogP contribution >= 0.6 is 0 Å². The summed E-state index contributed by atoms with van der Waals surface area (Å²) in [5.41, 5.74) is 0. The fourth-order valence-corrected chi connectivity index (χ4v) is 1.88. The Bertz CT molecular complexity index is 279. The molecular weight excluding hydrogens is 265 g/mol. The van der Waals surface area contributed by atoms with E-state index < -0.39 is 6.36 Å². The van der Waals surface area contributed by atoms with E-state index in [4.69, 9.17) is 0 Å². The quantitative estimate of drug-likeness (QED) is 0.672. The number of carbonyl (C=O) groups excluding carboxylic acids is 1. The number of methoxy groups -OCH3 is 1. The summed E-state index contributed by atoms with van der Waals surface area (Å²) in [5, 5.41) is 0. The number of alkyl halides is 3. The second-order valence-electron chi connectivity index (χ2n) is 4.30. The zero-order valence-corrected chi connectivity index (χ0v) is 10.9. The molecule has 0 aromatic carbocycles. The Morgan fingerprint density at radius 2 is 1.63 bits per heavy atom. The normalized spacial score (nSPS) is 18.5. The van der Waals surface area contributed by atoms with E-state index in [-0.39, 0.29) is 19.1 Å². The Labute approximate surface area is 110 Å². The van der Waals surface area contributed by atoms with Crippen molar-refractivity contribution in [3.8, 4) is 0 Å². The Kier molecular flexibility index (Phi) is 6.53. The van der Waals surface area contributed by atoms with Crippen LogP contribution in [-0.2, 0) is 14.3 Å². The maximum atomic E-state index is 11.8. The number of hydrogen-bond donors (Lipinski definition) is 0. The van der Waals surface area contributed by atoms with Gasteiger partial charge in [-0.3, -0.25) is 14.4 Å². The Morgan fingerprint density at radius 3 is 2.11 bits per heavy atom. The zero-order chi connectivity index (χ0) is 14.3. The molecule has 5 nitrogen and oxygen atoms in total. The third-order valence-corrected chi connectivity index (χ3v) is 3.00. The number of piperazine rings is 1. The van der Waals surface area contributed by atoms with Gasteiger partial charge in [-0.1, -0.05) is 0 Å². The summed E-state index contributed by atoms with van der Waals surface area (Å²) in [7, 11) is 1.35. The van der Waals surface area contributed by atoms with Gasteiger partial charge >= 0.3 is 12.3 Å². The average molecular weight is 284 g/mol. The molecule has 0 saturated carbocycles. The number of rotatable bonds is 6. The molecule has 0 amide bonds. The highest BCUT2D eigenvalue weighted by molar-refractivity contribution is 5.69.